The third kappa shape index (κ3) is 6.09. The van der Waals surface area contributed by atoms with Gasteiger partial charge in [-0.3, -0.25) is 9.89 Å². The second-order valence-electron chi connectivity index (χ2n) is 6.85. The normalized spacial score (nSPS) is 13.0. The Kier molecular flexibility index (Phi) is 9.01. The van der Waals surface area contributed by atoms with Gasteiger partial charge in [0.25, 0.3) is 0 Å². The van der Waals surface area contributed by atoms with Crippen LogP contribution in [0.1, 0.15) is 49.4 Å². The third-order valence-corrected chi connectivity index (χ3v) is 5.05. The van der Waals surface area contributed by atoms with Gasteiger partial charge in [0.2, 0.25) is 0 Å². The zero-order valence-corrected chi connectivity index (χ0v) is 18.0. The molecule has 0 amide bonds. The van der Waals surface area contributed by atoms with Gasteiger partial charge in [0.1, 0.15) is 5.76 Å². The first-order valence-electron chi connectivity index (χ1n) is 10.3. The van der Waals surface area contributed by atoms with Gasteiger partial charge in [0.15, 0.2) is 5.96 Å². The van der Waals surface area contributed by atoms with Crippen LogP contribution in [0.2, 0.25) is 0 Å². The first-order valence-corrected chi connectivity index (χ1v) is 10.3. The average molecular weight is 386 g/mol. The number of hydrogen-bond acceptors (Lipinski definition) is 4. The van der Waals surface area contributed by atoms with Crippen LogP contribution in [0, 0.1) is 13.8 Å². The Balaban J connectivity index is 2.05. The molecule has 0 saturated carbocycles. The summed E-state index contributed by atoms with van der Waals surface area (Å²) in [4.78, 5) is 7.34. The monoisotopic (exact) mass is 385 g/mol. The molecule has 1 aromatic carbocycles. The summed E-state index contributed by atoms with van der Waals surface area (Å²) in [5.74, 6) is 1.74. The van der Waals surface area contributed by atoms with Crippen LogP contribution in [-0.2, 0) is 6.42 Å². The van der Waals surface area contributed by atoms with Gasteiger partial charge in [0.05, 0.1) is 18.3 Å². The second-order valence-corrected chi connectivity index (χ2v) is 6.85. The zero-order chi connectivity index (χ0) is 20.4. The Morgan fingerprint density at radius 1 is 1.11 bits per heavy atom. The highest BCUT2D eigenvalue weighted by atomic mass is 16.5. The number of aryl methyl sites for hydroxylation is 2. The van der Waals surface area contributed by atoms with Gasteiger partial charge in [-0.05, 0) is 45.8 Å². The molecule has 28 heavy (non-hydrogen) atoms. The SMILES string of the molecule is CCNC(=NCC(c1ccccc1)N(CC)CC)NCCc1c(C)noc1C. The number of aliphatic imine (C=N–C) groups is 1. The van der Waals surface area contributed by atoms with E-state index in [1.165, 1.54) is 11.1 Å². The Morgan fingerprint density at radius 2 is 1.82 bits per heavy atom. The highest BCUT2D eigenvalue weighted by Crippen LogP contribution is 2.20. The van der Waals surface area contributed by atoms with Crippen molar-refractivity contribution in [1.29, 1.82) is 0 Å². The van der Waals surface area contributed by atoms with E-state index < -0.39 is 0 Å². The van der Waals surface area contributed by atoms with Crippen LogP contribution in [0.4, 0.5) is 0 Å². The lowest BCUT2D eigenvalue weighted by Gasteiger charge is -2.29. The maximum absolute atomic E-state index is 5.25. The molecule has 1 heterocycles. The van der Waals surface area contributed by atoms with Gasteiger partial charge in [-0.1, -0.05) is 49.3 Å². The molecule has 6 nitrogen and oxygen atoms in total. The van der Waals surface area contributed by atoms with E-state index in [0.29, 0.717) is 6.54 Å². The van der Waals surface area contributed by atoms with Crippen molar-refractivity contribution < 1.29 is 4.52 Å². The van der Waals surface area contributed by atoms with Crippen LogP contribution in [-0.4, -0.2) is 48.7 Å². The van der Waals surface area contributed by atoms with Gasteiger partial charge < -0.3 is 15.2 Å². The predicted molar refractivity (Wildman–Crippen MR) is 116 cm³/mol. The van der Waals surface area contributed by atoms with Crippen LogP contribution in [0.25, 0.3) is 0 Å². The smallest absolute Gasteiger partial charge is 0.191 e. The first-order chi connectivity index (χ1) is 13.6. The molecule has 154 valence electrons. The fraction of sp³-hybridized carbons (Fsp3) is 0.545. The molecule has 0 aliphatic rings. The zero-order valence-electron chi connectivity index (χ0n) is 18.0. The lowest BCUT2D eigenvalue weighted by atomic mass is 10.1. The summed E-state index contributed by atoms with van der Waals surface area (Å²) in [6.07, 6.45) is 0.865. The number of nitrogens with zero attached hydrogens (tertiary/aromatic N) is 3. The number of hydrogen-bond donors (Lipinski definition) is 2. The van der Waals surface area contributed by atoms with E-state index in [1.54, 1.807) is 0 Å². The van der Waals surface area contributed by atoms with Crippen LogP contribution in [0.5, 0.6) is 0 Å². The molecule has 0 radical (unpaired) electrons. The van der Waals surface area contributed by atoms with Gasteiger partial charge in [-0.2, -0.15) is 0 Å². The molecule has 0 saturated heterocycles. The van der Waals surface area contributed by atoms with E-state index in [9.17, 15) is 0 Å². The third-order valence-electron chi connectivity index (χ3n) is 5.05. The molecule has 2 rings (SSSR count). The first kappa shape index (κ1) is 22.0. The minimum Gasteiger partial charge on any atom is -0.361 e. The maximum Gasteiger partial charge on any atom is 0.191 e. The van der Waals surface area contributed by atoms with Gasteiger partial charge in [-0.25, -0.2) is 0 Å². The van der Waals surface area contributed by atoms with Gasteiger partial charge in [-0.15, -0.1) is 0 Å². The van der Waals surface area contributed by atoms with Crippen LogP contribution in [0.3, 0.4) is 0 Å². The molecule has 2 N–H and O–H groups in total. The molecule has 6 heteroatoms. The van der Waals surface area contributed by atoms with E-state index in [0.717, 1.165) is 50.0 Å². The molecular weight excluding hydrogens is 350 g/mol. The topological polar surface area (TPSA) is 65.7 Å². The minimum absolute atomic E-state index is 0.272. The van der Waals surface area contributed by atoms with Crippen LogP contribution < -0.4 is 10.6 Å². The molecule has 1 unspecified atom stereocenters. The largest absolute Gasteiger partial charge is 0.361 e. The van der Waals surface area contributed by atoms with Crippen molar-refractivity contribution in [2.24, 2.45) is 4.99 Å². The summed E-state index contributed by atoms with van der Waals surface area (Å²) in [5, 5.41) is 10.8. The van der Waals surface area contributed by atoms with E-state index in [2.05, 4.69) is 71.8 Å². The molecule has 1 aromatic heterocycles. The summed E-state index contributed by atoms with van der Waals surface area (Å²) >= 11 is 0. The fourth-order valence-electron chi connectivity index (χ4n) is 3.46. The minimum atomic E-state index is 0.272. The van der Waals surface area contributed by atoms with Crippen molar-refractivity contribution in [3.05, 3.63) is 52.9 Å². The molecule has 0 aliphatic carbocycles. The van der Waals surface area contributed by atoms with E-state index in [1.807, 2.05) is 13.8 Å². The Hall–Kier alpha value is -2.34. The lowest BCUT2D eigenvalue weighted by molar-refractivity contribution is 0.224. The quantitative estimate of drug-likeness (QED) is 0.484. The number of likely N-dealkylation sites (N-methyl/N-ethyl adjacent to an activating group) is 1. The van der Waals surface area contributed by atoms with Crippen molar-refractivity contribution in [1.82, 2.24) is 20.7 Å². The number of aromatic nitrogens is 1. The number of nitrogens with one attached hydrogen (secondary N) is 2. The second kappa shape index (κ2) is 11.5. The Labute approximate surface area is 169 Å². The summed E-state index contributed by atoms with van der Waals surface area (Å²) < 4.78 is 5.25. The highest BCUT2D eigenvalue weighted by Gasteiger charge is 2.17. The summed E-state index contributed by atoms with van der Waals surface area (Å²) in [6.45, 7) is 14.8. The molecule has 1 atom stereocenters. The lowest BCUT2D eigenvalue weighted by Crippen LogP contribution is -2.39. The summed E-state index contributed by atoms with van der Waals surface area (Å²) in [7, 11) is 0. The van der Waals surface area contributed by atoms with Gasteiger partial charge in [0, 0.05) is 18.7 Å². The number of guanidine groups is 1. The Morgan fingerprint density at radius 3 is 2.39 bits per heavy atom. The maximum atomic E-state index is 5.25. The van der Waals surface area contributed by atoms with Crippen LogP contribution >= 0.6 is 0 Å². The van der Waals surface area contributed by atoms with Crippen molar-refractivity contribution in [3.8, 4) is 0 Å². The van der Waals surface area contributed by atoms with Crippen molar-refractivity contribution in [3.63, 3.8) is 0 Å². The van der Waals surface area contributed by atoms with Crippen molar-refractivity contribution >= 4 is 5.96 Å². The predicted octanol–water partition coefficient (Wildman–Crippen LogP) is 3.47. The molecule has 0 bridgehead atoms. The number of benzene rings is 1. The summed E-state index contributed by atoms with van der Waals surface area (Å²) in [5.41, 5.74) is 3.45. The van der Waals surface area contributed by atoms with E-state index in [4.69, 9.17) is 9.52 Å². The Bertz CT molecular complexity index is 702. The fourth-order valence-corrected chi connectivity index (χ4v) is 3.46. The molecule has 0 fully saturated rings. The molecule has 0 aliphatic heterocycles. The van der Waals surface area contributed by atoms with Crippen molar-refractivity contribution in [2.45, 2.75) is 47.1 Å². The molecule has 0 spiro atoms. The average Bonchev–Trinajstić information content (AvgIpc) is 3.03. The molecule has 2 aromatic rings. The summed E-state index contributed by atoms with van der Waals surface area (Å²) in [6, 6.07) is 10.9. The number of rotatable bonds is 10. The molecular formula is C22H35N5O. The standard InChI is InChI=1S/C22H35N5O/c1-6-23-22(24-15-14-20-17(4)26-28-18(20)5)25-16-21(27(7-2)8-3)19-12-10-9-11-13-19/h9-13,21H,6-8,14-16H2,1-5H3,(H2,23,24,25). The van der Waals surface area contributed by atoms with Gasteiger partial charge >= 0.3 is 0 Å². The van der Waals surface area contributed by atoms with E-state index in [-0.39, 0.29) is 6.04 Å². The van der Waals surface area contributed by atoms with Crippen molar-refractivity contribution in [2.75, 3.05) is 32.7 Å². The highest BCUT2D eigenvalue weighted by molar-refractivity contribution is 5.79. The van der Waals surface area contributed by atoms with E-state index >= 15 is 0 Å². The van der Waals surface area contributed by atoms with Crippen LogP contribution in [0.15, 0.2) is 39.8 Å².